The van der Waals surface area contributed by atoms with E-state index in [0.29, 0.717) is 17.0 Å². The van der Waals surface area contributed by atoms with E-state index < -0.39 is 0 Å². The van der Waals surface area contributed by atoms with Gasteiger partial charge in [-0.25, -0.2) is 14.4 Å². The normalized spacial score (nSPS) is 10.9. The Morgan fingerprint density at radius 1 is 1.24 bits per heavy atom. The number of aliphatic hydroxyl groups excluding tert-OH is 1. The number of nitrogens with zero attached hydrogens (tertiary/aromatic N) is 2. The zero-order valence-corrected chi connectivity index (χ0v) is 9.05. The average Bonchev–Trinajstić information content (AvgIpc) is 2.38. The summed E-state index contributed by atoms with van der Waals surface area (Å²) in [6.07, 6.45) is 6.24. The summed E-state index contributed by atoms with van der Waals surface area (Å²) in [7, 11) is 0. The van der Waals surface area contributed by atoms with Crippen LogP contribution in [0, 0.1) is 5.82 Å². The highest BCUT2D eigenvalue weighted by molar-refractivity contribution is 5.60. The van der Waals surface area contributed by atoms with Crippen molar-refractivity contribution in [1.82, 2.24) is 9.97 Å². The Labute approximate surface area is 98.3 Å². The third-order valence-electron chi connectivity index (χ3n) is 2.23. The lowest BCUT2D eigenvalue weighted by Crippen LogP contribution is -1.89. The van der Waals surface area contributed by atoms with Crippen molar-refractivity contribution in [3.63, 3.8) is 0 Å². The van der Waals surface area contributed by atoms with Gasteiger partial charge in [-0.05, 0) is 12.1 Å². The van der Waals surface area contributed by atoms with Crippen LogP contribution < -0.4 is 0 Å². The highest BCUT2D eigenvalue weighted by atomic mass is 19.1. The maximum atomic E-state index is 13.7. The maximum absolute atomic E-state index is 13.7. The molecule has 0 saturated heterocycles. The molecule has 1 N–H and O–H groups in total. The molecule has 1 aromatic carbocycles. The SMILES string of the molecule is OCC=Cc1ccc(-c2ncccn2)cc1F. The molecule has 1 aromatic heterocycles. The molecule has 0 bridgehead atoms. The minimum atomic E-state index is -0.361. The summed E-state index contributed by atoms with van der Waals surface area (Å²) in [5.41, 5.74) is 1.06. The smallest absolute Gasteiger partial charge is 0.159 e. The molecule has 0 saturated carbocycles. The van der Waals surface area contributed by atoms with Gasteiger partial charge in [0.15, 0.2) is 5.82 Å². The van der Waals surface area contributed by atoms with Gasteiger partial charge in [0.25, 0.3) is 0 Å². The van der Waals surface area contributed by atoms with Gasteiger partial charge in [-0.2, -0.15) is 0 Å². The van der Waals surface area contributed by atoms with Crippen LogP contribution in [0.1, 0.15) is 5.56 Å². The van der Waals surface area contributed by atoms with Crippen molar-refractivity contribution in [2.75, 3.05) is 6.61 Å². The summed E-state index contributed by atoms with van der Waals surface area (Å²) in [6.45, 7) is -0.108. The van der Waals surface area contributed by atoms with Gasteiger partial charge in [0.1, 0.15) is 5.82 Å². The third-order valence-corrected chi connectivity index (χ3v) is 2.23. The Morgan fingerprint density at radius 3 is 2.65 bits per heavy atom. The predicted octanol–water partition coefficient (Wildman–Crippen LogP) is 2.29. The highest BCUT2D eigenvalue weighted by Crippen LogP contribution is 2.18. The molecule has 0 aliphatic heterocycles. The van der Waals surface area contributed by atoms with Crippen LogP contribution in [0.3, 0.4) is 0 Å². The summed E-state index contributed by atoms with van der Waals surface area (Å²) < 4.78 is 13.7. The van der Waals surface area contributed by atoms with Crippen molar-refractivity contribution < 1.29 is 9.50 Å². The molecule has 0 radical (unpaired) electrons. The van der Waals surface area contributed by atoms with Crippen molar-refractivity contribution in [2.45, 2.75) is 0 Å². The first-order chi connectivity index (χ1) is 8.31. The number of benzene rings is 1. The molecule has 3 nitrogen and oxygen atoms in total. The number of halogens is 1. The van der Waals surface area contributed by atoms with E-state index in [1.165, 1.54) is 18.2 Å². The van der Waals surface area contributed by atoms with Crippen LogP contribution >= 0.6 is 0 Å². The predicted molar refractivity (Wildman–Crippen MR) is 63.5 cm³/mol. The van der Waals surface area contributed by atoms with Crippen LogP contribution in [-0.2, 0) is 0 Å². The number of aromatic nitrogens is 2. The summed E-state index contributed by atoms with van der Waals surface area (Å²) in [4.78, 5) is 8.09. The van der Waals surface area contributed by atoms with Gasteiger partial charge in [0, 0.05) is 23.5 Å². The molecule has 4 heteroatoms. The molecule has 0 unspecified atom stereocenters. The monoisotopic (exact) mass is 230 g/mol. The summed E-state index contributed by atoms with van der Waals surface area (Å²) in [5.74, 6) is 0.128. The second-order valence-corrected chi connectivity index (χ2v) is 3.39. The first kappa shape index (κ1) is 11.4. The van der Waals surface area contributed by atoms with Gasteiger partial charge in [-0.15, -0.1) is 0 Å². The molecule has 2 aromatic rings. The van der Waals surface area contributed by atoms with E-state index in [4.69, 9.17) is 5.11 Å². The molecule has 0 aliphatic rings. The summed E-state index contributed by atoms with van der Waals surface area (Å²) in [6, 6.07) is 6.47. The quantitative estimate of drug-likeness (QED) is 0.879. The molecule has 0 aliphatic carbocycles. The largest absolute Gasteiger partial charge is 0.392 e. The fourth-order valence-electron chi connectivity index (χ4n) is 1.43. The number of aliphatic hydroxyl groups is 1. The van der Waals surface area contributed by atoms with E-state index in [9.17, 15) is 4.39 Å². The maximum Gasteiger partial charge on any atom is 0.159 e. The third kappa shape index (κ3) is 2.73. The van der Waals surface area contributed by atoms with E-state index in [0.717, 1.165) is 0 Å². The Balaban J connectivity index is 2.34. The van der Waals surface area contributed by atoms with Crippen LogP contribution in [0.4, 0.5) is 4.39 Å². The number of rotatable bonds is 3. The van der Waals surface area contributed by atoms with E-state index in [1.54, 1.807) is 30.6 Å². The van der Waals surface area contributed by atoms with E-state index >= 15 is 0 Å². The topological polar surface area (TPSA) is 46.0 Å². The molecule has 0 fully saturated rings. The second kappa shape index (κ2) is 5.32. The van der Waals surface area contributed by atoms with Crippen molar-refractivity contribution in [1.29, 1.82) is 0 Å². The van der Waals surface area contributed by atoms with Crippen LogP contribution in [-0.4, -0.2) is 21.7 Å². The molecular formula is C13H11FN2O. The van der Waals surface area contributed by atoms with E-state index in [1.807, 2.05) is 0 Å². The van der Waals surface area contributed by atoms with Gasteiger partial charge in [-0.3, -0.25) is 0 Å². The summed E-state index contributed by atoms with van der Waals surface area (Å²) in [5, 5.41) is 8.62. The molecule has 86 valence electrons. The number of hydrogen-bond donors (Lipinski definition) is 1. The van der Waals surface area contributed by atoms with Crippen molar-refractivity contribution in [2.24, 2.45) is 0 Å². The van der Waals surface area contributed by atoms with Gasteiger partial charge in [0.2, 0.25) is 0 Å². The average molecular weight is 230 g/mol. The van der Waals surface area contributed by atoms with Crippen molar-refractivity contribution >= 4 is 6.08 Å². The molecule has 0 spiro atoms. The molecule has 0 amide bonds. The molecule has 17 heavy (non-hydrogen) atoms. The minimum Gasteiger partial charge on any atom is -0.392 e. The molecule has 2 rings (SSSR count). The zero-order valence-electron chi connectivity index (χ0n) is 9.05. The van der Waals surface area contributed by atoms with Gasteiger partial charge in [0.05, 0.1) is 6.61 Å². The lowest BCUT2D eigenvalue weighted by molar-refractivity contribution is 0.343. The van der Waals surface area contributed by atoms with Crippen LogP contribution in [0.25, 0.3) is 17.5 Å². The summed E-state index contributed by atoms with van der Waals surface area (Å²) >= 11 is 0. The lowest BCUT2D eigenvalue weighted by atomic mass is 10.1. The van der Waals surface area contributed by atoms with Crippen LogP contribution in [0.2, 0.25) is 0 Å². The Bertz CT molecular complexity index is 526. The van der Waals surface area contributed by atoms with E-state index in [2.05, 4.69) is 9.97 Å². The molecule has 0 atom stereocenters. The fourth-order valence-corrected chi connectivity index (χ4v) is 1.43. The molecular weight excluding hydrogens is 219 g/mol. The van der Waals surface area contributed by atoms with Crippen molar-refractivity contribution in [3.05, 3.63) is 54.1 Å². The van der Waals surface area contributed by atoms with Gasteiger partial charge in [-0.1, -0.05) is 24.3 Å². The Kier molecular flexibility index (Phi) is 3.57. The lowest BCUT2D eigenvalue weighted by Gasteiger charge is -2.01. The fraction of sp³-hybridized carbons (Fsp3) is 0.0769. The highest BCUT2D eigenvalue weighted by Gasteiger charge is 2.04. The van der Waals surface area contributed by atoms with Crippen molar-refractivity contribution in [3.8, 4) is 11.4 Å². The second-order valence-electron chi connectivity index (χ2n) is 3.39. The first-order valence-electron chi connectivity index (χ1n) is 5.15. The van der Waals surface area contributed by atoms with Crippen LogP contribution in [0.15, 0.2) is 42.7 Å². The first-order valence-corrected chi connectivity index (χ1v) is 5.15. The Hall–Kier alpha value is -2.07. The van der Waals surface area contributed by atoms with Gasteiger partial charge >= 0.3 is 0 Å². The zero-order chi connectivity index (χ0) is 12.1. The van der Waals surface area contributed by atoms with Gasteiger partial charge < -0.3 is 5.11 Å². The minimum absolute atomic E-state index is 0.108. The molecule has 1 heterocycles. The van der Waals surface area contributed by atoms with E-state index in [-0.39, 0.29) is 12.4 Å². The van der Waals surface area contributed by atoms with Crippen LogP contribution in [0.5, 0.6) is 0 Å². The Morgan fingerprint density at radius 2 is 2.00 bits per heavy atom. The number of hydrogen-bond acceptors (Lipinski definition) is 3. The standard InChI is InChI=1S/C13H11FN2O/c14-12-9-11(13-15-6-2-7-16-13)5-4-10(12)3-1-8-17/h1-7,9,17H,8H2.